The highest BCUT2D eigenvalue weighted by Gasteiger charge is 2.51. The SMILES string of the molecule is O=P1(S)N[C@H]2[C@@H](O)[C@H]3O[C@@H]2COP(O)(=S)N[C@@H]2[C@@H](CO1)OC([C@@H]2O)n1cnc2c(ncnc21)NC/C=C/CNc1ncnc2c1ncn23. The number of imidazole rings is 2. The Bertz CT molecular complexity index is 1850. The van der Waals surface area contributed by atoms with Crippen LogP contribution in [0, 0.1) is 0 Å². The van der Waals surface area contributed by atoms with Crippen LogP contribution in [0.1, 0.15) is 12.5 Å². The van der Waals surface area contributed by atoms with Crippen molar-refractivity contribution in [3.8, 4) is 0 Å². The fraction of sp³-hybridized carbons (Fsp3) is 0.500. The maximum Gasteiger partial charge on any atom is 0.324 e. The summed E-state index contributed by atoms with van der Waals surface area (Å²) >= 11 is 9.72. The van der Waals surface area contributed by atoms with Crippen LogP contribution in [0.4, 0.5) is 11.6 Å². The number of hydrogen-bond acceptors (Lipinski definition) is 16. The molecule has 5 aliphatic rings. The average molecular weight is 741 g/mol. The van der Waals surface area contributed by atoms with Crippen LogP contribution in [0.25, 0.3) is 22.3 Å². The number of thiol groups is 1. The van der Waals surface area contributed by atoms with E-state index in [0.29, 0.717) is 47.1 Å². The van der Waals surface area contributed by atoms with E-state index in [2.05, 4.69) is 63.0 Å². The number of fused-ring (bicyclic) bond motifs is 10. The Hall–Kier alpha value is -2.69. The van der Waals surface area contributed by atoms with Gasteiger partial charge in [-0.15, -0.1) is 0 Å². The minimum atomic E-state index is -3.98. The summed E-state index contributed by atoms with van der Waals surface area (Å²) < 4.78 is 40.7. The quantitative estimate of drug-likeness (QED) is 0.0660. The first-order valence-electron chi connectivity index (χ1n) is 14.7. The molecule has 24 heteroatoms. The predicted octanol–water partition coefficient (Wildman–Crippen LogP) is -0.206. The molecule has 0 saturated carbocycles. The Balaban J connectivity index is 1.21. The minimum Gasteiger partial charge on any atom is -0.387 e. The van der Waals surface area contributed by atoms with Crippen molar-refractivity contribution in [3.05, 3.63) is 37.5 Å². The van der Waals surface area contributed by atoms with Crippen LogP contribution in [0.2, 0.25) is 0 Å². The standard InChI is InChI=1S/C24H30N12O8P2S2/c37-17-13-11-5-41-46(40,48)34-14-12(6-42-45(39,47)33-13)44-24(18(14)38)36-10-32-16-20(28-8-30-22(16)36)26-4-2-1-3-25-19-15-21(29-7-27-19)35(9-31-15)23(17)43-11/h1-2,7-14,17-18,23-24,37-38H,3-6H2,(H,25,27,29)(H,26,28,30)(H2,33,39,47)(H2,34,40,48)/b2-1+/t11-,12-,13-,14-,17-,18-,23-,24?,45?,46?/m1/s1. The molecule has 48 heavy (non-hydrogen) atoms. The van der Waals surface area contributed by atoms with Gasteiger partial charge in [-0.3, -0.25) is 13.7 Å². The number of aromatic nitrogens is 8. The molecule has 3 fully saturated rings. The molecule has 0 aromatic carbocycles. The Labute approximate surface area is 281 Å². The molecule has 0 aliphatic carbocycles. The second kappa shape index (κ2) is 12.6. The largest absolute Gasteiger partial charge is 0.387 e. The first kappa shape index (κ1) is 32.5. The first-order chi connectivity index (χ1) is 23.1. The number of aliphatic hydroxyl groups excluding tert-OH is 2. The summed E-state index contributed by atoms with van der Waals surface area (Å²) in [7, 11) is 0. The molecule has 4 aromatic heterocycles. The summed E-state index contributed by atoms with van der Waals surface area (Å²) in [4.78, 5) is 37.5. The molecule has 0 spiro atoms. The highest BCUT2D eigenvalue weighted by molar-refractivity contribution is 8.45. The number of nitrogens with zero attached hydrogens (tertiary/aromatic N) is 8. The Kier molecular flexibility index (Phi) is 8.51. The van der Waals surface area contributed by atoms with Crippen molar-refractivity contribution in [2.45, 2.75) is 49.0 Å². The van der Waals surface area contributed by atoms with Crippen molar-refractivity contribution in [2.24, 2.45) is 0 Å². The molecule has 3 unspecified atom stereocenters. The van der Waals surface area contributed by atoms with Gasteiger partial charge in [-0.25, -0.2) is 40.1 Å². The fourth-order valence-electron chi connectivity index (χ4n) is 6.16. The lowest BCUT2D eigenvalue weighted by atomic mass is 10.1. The second-order valence-electron chi connectivity index (χ2n) is 11.4. The van der Waals surface area contributed by atoms with Gasteiger partial charge in [0.1, 0.15) is 37.1 Å². The molecule has 3 saturated heterocycles. The van der Waals surface area contributed by atoms with Crippen LogP contribution < -0.4 is 20.8 Å². The van der Waals surface area contributed by atoms with Crippen LogP contribution in [0.3, 0.4) is 0 Å². The van der Waals surface area contributed by atoms with Gasteiger partial charge in [0.15, 0.2) is 46.4 Å². The van der Waals surface area contributed by atoms with Gasteiger partial charge in [-0.2, -0.15) is 0 Å². The van der Waals surface area contributed by atoms with Gasteiger partial charge in [0.25, 0.3) is 6.64 Å². The molecule has 20 nitrogen and oxygen atoms in total. The second-order valence-corrected chi connectivity index (χ2v) is 17.6. The molecular weight excluding hydrogens is 710 g/mol. The summed E-state index contributed by atoms with van der Waals surface area (Å²) in [5.41, 5.74) is 1.56. The Morgan fingerprint density at radius 2 is 1.29 bits per heavy atom. The monoisotopic (exact) mass is 740 g/mol. The fourth-order valence-corrected chi connectivity index (χ4v) is 9.55. The molecule has 9 heterocycles. The Morgan fingerprint density at radius 3 is 1.83 bits per heavy atom. The third kappa shape index (κ3) is 5.93. The van der Waals surface area contributed by atoms with Crippen LogP contribution in [-0.4, -0.2) is 117 Å². The topological polar surface area (TPSA) is 250 Å². The van der Waals surface area contributed by atoms with Gasteiger partial charge in [0.2, 0.25) is 0 Å². The van der Waals surface area contributed by atoms with Gasteiger partial charge in [0.05, 0.1) is 38.0 Å². The number of rotatable bonds is 0. The van der Waals surface area contributed by atoms with Gasteiger partial charge in [-0.05, 0) is 11.8 Å². The number of ether oxygens (including phenoxy) is 2. The average Bonchev–Trinajstić information content (AvgIpc) is 3.81. The zero-order valence-corrected chi connectivity index (χ0v) is 28.1. The van der Waals surface area contributed by atoms with Crippen molar-refractivity contribution in [2.75, 3.05) is 36.9 Å². The van der Waals surface area contributed by atoms with E-state index in [0.717, 1.165) is 0 Å². The molecular formula is C24H30N12O8P2S2. The molecule has 4 aromatic rings. The molecule has 0 radical (unpaired) electrons. The summed E-state index contributed by atoms with van der Waals surface area (Å²) in [6.45, 7) is -7.74. The molecule has 0 amide bonds. The number of nitrogens with one attached hydrogen (secondary N) is 4. The Morgan fingerprint density at radius 1 is 0.792 bits per heavy atom. The molecule has 14 bridgehead atoms. The zero-order valence-electron chi connectivity index (χ0n) is 24.6. The van der Waals surface area contributed by atoms with Crippen LogP contribution in [-0.2, 0) is 34.9 Å². The lowest BCUT2D eigenvalue weighted by molar-refractivity contribution is -0.0467. The van der Waals surface area contributed by atoms with Gasteiger partial charge >= 0.3 is 6.72 Å². The third-order valence-corrected chi connectivity index (χ3v) is 12.0. The molecule has 256 valence electrons. The van der Waals surface area contributed by atoms with Crippen LogP contribution >= 0.6 is 25.6 Å². The van der Waals surface area contributed by atoms with E-state index in [1.807, 2.05) is 12.2 Å². The summed E-state index contributed by atoms with van der Waals surface area (Å²) in [5, 5.41) is 35.1. The maximum absolute atomic E-state index is 13.7. The van der Waals surface area contributed by atoms with E-state index < -0.39 is 62.3 Å². The molecule has 9 rings (SSSR count). The van der Waals surface area contributed by atoms with Crippen LogP contribution in [0.15, 0.2) is 37.5 Å². The van der Waals surface area contributed by atoms with Crippen molar-refractivity contribution >= 4 is 71.4 Å². The van der Waals surface area contributed by atoms with E-state index >= 15 is 0 Å². The van der Waals surface area contributed by atoms with Crippen molar-refractivity contribution in [1.82, 2.24) is 49.2 Å². The van der Waals surface area contributed by atoms with Crippen molar-refractivity contribution < 1.29 is 38.2 Å². The number of aliphatic hydroxyl groups is 2. The molecule has 7 N–H and O–H groups in total. The maximum atomic E-state index is 13.7. The van der Waals surface area contributed by atoms with E-state index in [1.165, 1.54) is 34.4 Å². The molecule has 10 atom stereocenters. The smallest absolute Gasteiger partial charge is 0.324 e. The zero-order chi connectivity index (χ0) is 33.2. The highest BCUT2D eigenvalue weighted by atomic mass is 32.7. The lowest BCUT2D eigenvalue weighted by Gasteiger charge is -2.31. The van der Waals surface area contributed by atoms with E-state index in [9.17, 15) is 19.7 Å². The third-order valence-electron chi connectivity index (χ3n) is 8.41. The predicted molar refractivity (Wildman–Crippen MR) is 175 cm³/mol. The van der Waals surface area contributed by atoms with Crippen molar-refractivity contribution in [3.63, 3.8) is 0 Å². The number of hydrogen-bond donors (Lipinski definition) is 8. The van der Waals surface area contributed by atoms with Crippen LogP contribution in [0.5, 0.6) is 0 Å². The normalized spacial score (nSPS) is 38.0. The van der Waals surface area contributed by atoms with E-state index in [4.69, 9.17) is 30.3 Å². The molecule has 5 aliphatic heterocycles. The van der Waals surface area contributed by atoms with E-state index in [1.54, 1.807) is 0 Å². The first-order valence-corrected chi connectivity index (χ1v) is 20.2. The number of anilines is 2. The summed E-state index contributed by atoms with van der Waals surface area (Å²) in [5.74, 6) is 0.903. The van der Waals surface area contributed by atoms with Gasteiger partial charge in [-0.1, -0.05) is 24.4 Å². The van der Waals surface area contributed by atoms with Gasteiger partial charge in [0, 0.05) is 13.1 Å². The van der Waals surface area contributed by atoms with Crippen molar-refractivity contribution in [1.29, 1.82) is 0 Å². The highest BCUT2D eigenvalue weighted by Crippen LogP contribution is 2.52. The summed E-state index contributed by atoms with van der Waals surface area (Å²) in [6, 6.07) is -2.12. The minimum absolute atomic E-state index is 0.350. The van der Waals surface area contributed by atoms with E-state index in [-0.39, 0.29) is 13.2 Å². The van der Waals surface area contributed by atoms with Gasteiger partial charge < -0.3 is 44.3 Å². The summed E-state index contributed by atoms with van der Waals surface area (Å²) in [6.07, 6.45) is 2.54. The lowest BCUT2D eigenvalue weighted by Crippen LogP contribution is -2.47.